The van der Waals surface area contributed by atoms with Crippen molar-refractivity contribution >= 4 is 93.4 Å². The Bertz CT molecular complexity index is 1210. The SMILES string of the molecule is O=C(COc1c(Br)cc(Br)cc1Br)N/N=C/c1cc(Br)ccc1OC(=O)c1ccccc1Cl. The Morgan fingerprint density at radius 3 is 2.36 bits per heavy atom. The summed E-state index contributed by atoms with van der Waals surface area (Å²) in [4.78, 5) is 24.6. The van der Waals surface area contributed by atoms with Crippen LogP contribution in [0.1, 0.15) is 15.9 Å². The van der Waals surface area contributed by atoms with Crippen LogP contribution < -0.4 is 14.9 Å². The van der Waals surface area contributed by atoms with Gasteiger partial charge in [0, 0.05) is 14.5 Å². The fraction of sp³-hybridized carbons (Fsp3) is 0.0455. The van der Waals surface area contributed by atoms with Crippen LogP contribution in [0.4, 0.5) is 0 Å². The summed E-state index contributed by atoms with van der Waals surface area (Å²) in [6, 6.07) is 15.2. The van der Waals surface area contributed by atoms with Gasteiger partial charge in [0.15, 0.2) is 6.61 Å². The number of amides is 1. The van der Waals surface area contributed by atoms with Crippen LogP contribution in [0.15, 0.2) is 77.6 Å². The summed E-state index contributed by atoms with van der Waals surface area (Å²) in [6.07, 6.45) is 1.36. The number of benzene rings is 3. The molecule has 0 aliphatic carbocycles. The molecule has 1 amide bonds. The van der Waals surface area contributed by atoms with Gasteiger partial charge in [0.25, 0.3) is 5.91 Å². The van der Waals surface area contributed by atoms with Crippen molar-refractivity contribution in [2.24, 2.45) is 5.10 Å². The first-order valence-electron chi connectivity index (χ1n) is 9.10. The summed E-state index contributed by atoms with van der Waals surface area (Å²) in [5.74, 6) is -0.351. The van der Waals surface area contributed by atoms with E-state index < -0.39 is 11.9 Å². The number of hydrogen-bond donors (Lipinski definition) is 1. The molecule has 3 rings (SSSR count). The number of nitrogens with one attached hydrogen (secondary N) is 1. The summed E-state index contributed by atoms with van der Waals surface area (Å²) in [6.45, 7) is -0.261. The molecule has 0 saturated carbocycles. The minimum Gasteiger partial charge on any atom is -0.481 e. The maximum atomic E-state index is 12.5. The summed E-state index contributed by atoms with van der Waals surface area (Å²) in [5.41, 5.74) is 3.08. The van der Waals surface area contributed by atoms with Gasteiger partial charge in [-0.1, -0.05) is 55.6 Å². The van der Waals surface area contributed by atoms with Crippen molar-refractivity contribution in [2.75, 3.05) is 6.61 Å². The van der Waals surface area contributed by atoms with E-state index in [1.54, 1.807) is 54.6 Å². The van der Waals surface area contributed by atoms with Crippen LogP contribution in [-0.4, -0.2) is 24.7 Å². The molecule has 11 heteroatoms. The van der Waals surface area contributed by atoms with Crippen molar-refractivity contribution in [1.82, 2.24) is 5.43 Å². The summed E-state index contributed by atoms with van der Waals surface area (Å²) < 4.78 is 14.0. The molecule has 0 aliphatic heterocycles. The quantitative estimate of drug-likeness (QED) is 0.122. The lowest BCUT2D eigenvalue weighted by molar-refractivity contribution is -0.123. The lowest BCUT2D eigenvalue weighted by atomic mass is 10.2. The summed E-state index contributed by atoms with van der Waals surface area (Å²) in [5, 5.41) is 4.22. The monoisotopic (exact) mass is 720 g/mol. The van der Waals surface area contributed by atoms with E-state index in [0.29, 0.717) is 20.3 Å². The van der Waals surface area contributed by atoms with E-state index in [-0.39, 0.29) is 22.9 Å². The Hall–Kier alpha value is -1.72. The van der Waals surface area contributed by atoms with Gasteiger partial charge in [-0.15, -0.1) is 0 Å². The van der Waals surface area contributed by atoms with E-state index in [2.05, 4.69) is 74.2 Å². The molecule has 0 saturated heterocycles. The maximum Gasteiger partial charge on any atom is 0.345 e. The normalized spacial score (nSPS) is 10.8. The number of ether oxygens (including phenoxy) is 2. The molecule has 0 bridgehead atoms. The van der Waals surface area contributed by atoms with E-state index in [9.17, 15) is 9.59 Å². The third-order valence-corrected chi connectivity index (χ3v) is 6.43. The Kier molecular flexibility index (Phi) is 9.51. The Morgan fingerprint density at radius 1 is 0.970 bits per heavy atom. The summed E-state index contributed by atoms with van der Waals surface area (Å²) in [7, 11) is 0. The third-order valence-electron chi connectivity index (χ3n) is 3.97. The van der Waals surface area contributed by atoms with Crippen molar-refractivity contribution in [1.29, 1.82) is 0 Å². The van der Waals surface area contributed by atoms with Crippen LogP contribution in [0, 0.1) is 0 Å². The standard InChI is InChI=1S/C22H13Br4ClN2O4/c23-13-5-6-19(33-22(31)15-3-1-2-4-18(15)27)12(7-13)10-28-29-20(30)11-32-21-16(25)8-14(24)9-17(21)26/h1-10H,11H2,(H,29,30)/b28-10+. The van der Waals surface area contributed by atoms with E-state index in [1.165, 1.54) is 6.21 Å². The minimum atomic E-state index is -0.611. The van der Waals surface area contributed by atoms with E-state index >= 15 is 0 Å². The molecule has 33 heavy (non-hydrogen) atoms. The van der Waals surface area contributed by atoms with E-state index in [4.69, 9.17) is 21.1 Å². The highest BCUT2D eigenvalue weighted by molar-refractivity contribution is 9.11. The molecule has 0 spiro atoms. The fourth-order valence-corrected chi connectivity index (χ4v) is 5.58. The highest BCUT2D eigenvalue weighted by atomic mass is 79.9. The Labute approximate surface area is 228 Å². The molecule has 0 aliphatic rings. The predicted molar refractivity (Wildman–Crippen MR) is 141 cm³/mol. The second-order valence-corrected chi connectivity index (χ2v) is 10.3. The maximum absolute atomic E-state index is 12.5. The Balaban J connectivity index is 1.65. The van der Waals surface area contributed by atoms with Crippen LogP contribution in [0.5, 0.6) is 11.5 Å². The molecule has 0 atom stereocenters. The first-order chi connectivity index (χ1) is 15.7. The van der Waals surface area contributed by atoms with Gasteiger partial charge in [-0.2, -0.15) is 5.10 Å². The molecular weight excluding hydrogens is 711 g/mol. The smallest absolute Gasteiger partial charge is 0.345 e. The van der Waals surface area contributed by atoms with Crippen molar-refractivity contribution < 1.29 is 19.1 Å². The zero-order valence-electron chi connectivity index (χ0n) is 16.5. The number of hydrogen-bond acceptors (Lipinski definition) is 5. The lowest BCUT2D eigenvalue weighted by Crippen LogP contribution is -2.24. The average Bonchev–Trinajstić information content (AvgIpc) is 2.75. The first-order valence-corrected chi connectivity index (χ1v) is 12.6. The molecule has 170 valence electrons. The van der Waals surface area contributed by atoms with Gasteiger partial charge in [-0.05, 0) is 74.3 Å². The molecule has 0 heterocycles. The van der Waals surface area contributed by atoms with Crippen LogP contribution in [0.25, 0.3) is 0 Å². The fourth-order valence-electron chi connectivity index (χ4n) is 2.51. The third kappa shape index (κ3) is 7.38. The molecule has 0 unspecified atom stereocenters. The van der Waals surface area contributed by atoms with Crippen molar-refractivity contribution in [2.45, 2.75) is 0 Å². The van der Waals surface area contributed by atoms with E-state index in [1.807, 2.05) is 0 Å². The molecular formula is C22H13Br4ClN2O4. The number of halogens is 5. The van der Waals surface area contributed by atoms with Gasteiger partial charge in [0.05, 0.1) is 25.7 Å². The van der Waals surface area contributed by atoms with Gasteiger partial charge in [-0.3, -0.25) is 4.79 Å². The number of carbonyl (C=O) groups is 2. The van der Waals surface area contributed by atoms with Crippen molar-refractivity contribution in [3.8, 4) is 11.5 Å². The zero-order valence-corrected chi connectivity index (χ0v) is 23.6. The largest absolute Gasteiger partial charge is 0.481 e. The minimum absolute atomic E-state index is 0.237. The predicted octanol–water partition coefficient (Wildman–Crippen LogP) is 7.14. The molecule has 3 aromatic carbocycles. The zero-order chi connectivity index (χ0) is 24.0. The first kappa shape index (κ1) is 25.9. The molecule has 0 aromatic heterocycles. The van der Waals surface area contributed by atoms with E-state index in [0.717, 1.165) is 8.95 Å². The number of carbonyl (C=O) groups excluding carboxylic acids is 2. The van der Waals surface area contributed by atoms with Crippen LogP contribution in [0.3, 0.4) is 0 Å². The summed E-state index contributed by atoms with van der Waals surface area (Å²) >= 11 is 19.6. The second-order valence-electron chi connectivity index (χ2n) is 6.33. The van der Waals surface area contributed by atoms with Gasteiger partial charge in [0.1, 0.15) is 11.5 Å². The highest BCUT2D eigenvalue weighted by Crippen LogP contribution is 2.36. The lowest BCUT2D eigenvalue weighted by Gasteiger charge is -2.10. The molecule has 0 fully saturated rings. The molecule has 1 N–H and O–H groups in total. The van der Waals surface area contributed by atoms with Crippen LogP contribution in [-0.2, 0) is 4.79 Å². The number of nitrogens with zero attached hydrogens (tertiary/aromatic N) is 1. The number of rotatable bonds is 7. The number of hydrazone groups is 1. The molecule has 6 nitrogen and oxygen atoms in total. The number of esters is 1. The highest BCUT2D eigenvalue weighted by Gasteiger charge is 2.15. The van der Waals surface area contributed by atoms with Gasteiger partial charge in [-0.25, -0.2) is 10.2 Å². The second kappa shape index (κ2) is 12.1. The van der Waals surface area contributed by atoms with Crippen molar-refractivity contribution in [3.05, 3.63) is 88.6 Å². The van der Waals surface area contributed by atoms with Crippen molar-refractivity contribution in [3.63, 3.8) is 0 Å². The van der Waals surface area contributed by atoms with Gasteiger partial charge in [0.2, 0.25) is 0 Å². The molecule has 0 radical (unpaired) electrons. The van der Waals surface area contributed by atoms with Gasteiger partial charge >= 0.3 is 5.97 Å². The Morgan fingerprint density at radius 2 is 1.67 bits per heavy atom. The van der Waals surface area contributed by atoms with Crippen LogP contribution >= 0.6 is 75.3 Å². The molecule has 3 aromatic rings. The van der Waals surface area contributed by atoms with Crippen LogP contribution in [0.2, 0.25) is 5.02 Å². The topological polar surface area (TPSA) is 77.0 Å². The van der Waals surface area contributed by atoms with Gasteiger partial charge < -0.3 is 9.47 Å². The average molecular weight is 724 g/mol.